The summed E-state index contributed by atoms with van der Waals surface area (Å²) in [6, 6.07) is 6.65. The highest BCUT2D eigenvalue weighted by Crippen LogP contribution is 2.24. The molecule has 1 aliphatic rings. The number of carbonyl (C=O) groups excluding carboxylic acids is 3. The van der Waals surface area contributed by atoms with Gasteiger partial charge < -0.3 is 10.5 Å². The number of Topliss-reactive ketones (excluding diaryl/α,β-unsaturated/α-hetero) is 2. The third-order valence-electron chi connectivity index (χ3n) is 3.98. The van der Waals surface area contributed by atoms with E-state index in [1.165, 1.54) is 0 Å². The van der Waals surface area contributed by atoms with E-state index in [1.54, 1.807) is 24.3 Å². The third-order valence-corrected chi connectivity index (χ3v) is 4.23. The predicted molar refractivity (Wildman–Crippen MR) is 90.5 cm³/mol. The molecule has 1 aliphatic carbocycles. The molecule has 6 nitrogen and oxygen atoms in total. The molecule has 7 heteroatoms. The number of anilines is 1. The molecular weight excluding hydrogens is 332 g/mol. The van der Waals surface area contributed by atoms with Crippen molar-refractivity contribution in [2.45, 2.75) is 38.5 Å². The van der Waals surface area contributed by atoms with Crippen LogP contribution in [-0.2, 0) is 14.4 Å². The minimum Gasteiger partial charge on any atom is -0.411 e. The number of nitrogens with zero attached hydrogens (tertiary/aromatic N) is 1. The molecule has 0 heterocycles. The van der Waals surface area contributed by atoms with E-state index < -0.39 is 5.92 Å². The predicted octanol–water partition coefficient (Wildman–Crippen LogP) is 3.22. The quantitative estimate of drug-likeness (QED) is 0.448. The van der Waals surface area contributed by atoms with Gasteiger partial charge in [0, 0.05) is 23.6 Å². The molecule has 0 saturated heterocycles. The van der Waals surface area contributed by atoms with Crippen molar-refractivity contribution in [1.82, 2.24) is 0 Å². The van der Waals surface area contributed by atoms with Crippen molar-refractivity contribution >= 4 is 40.5 Å². The Labute approximate surface area is 144 Å². The van der Waals surface area contributed by atoms with Crippen LogP contribution in [-0.4, -0.2) is 28.4 Å². The van der Waals surface area contributed by atoms with E-state index in [1.807, 2.05) is 0 Å². The van der Waals surface area contributed by atoms with Gasteiger partial charge in [-0.05, 0) is 43.5 Å². The number of hydrogen-bond acceptors (Lipinski definition) is 5. The van der Waals surface area contributed by atoms with Gasteiger partial charge in [-0.15, -0.1) is 0 Å². The summed E-state index contributed by atoms with van der Waals surface area (Å²) in [6.07, 6.45) is 1.78. The normalized spacial score (nSPS) is 18.5. The first-order valence-corrected chi connectivity index (χ1v) is 8.18. The molecule has 0 aliphatic heterocycles. The standard InChI is InChI=1S/C17H19ClN2O4/c18-11-4-6-12(7-5-11)19-17(23)9-8-13(21)10-16(22)14-2-1-3-15(14)20-24/h4-7,14,24H,1-3,8-10H2,(H,19,23)/b20-15-. The number of halogens is 1. The summed E-state index contributed by atoms with van der Waals surface area (Å²) in [4.78, 5) is 35.8. The van der Waals surface area contributed by atoms with Crippen LogP contribution in [0.3, 0.4) is 0 Å². The molecule has 2 N–H and O–H groups in total. The molecule has 0 bridgehead atoms. The summed E-state index contributed by atoms with van der Waals surface area (Å²) < 4.78 is 0. The van der Waals surface area contributed by atoms with Gasteiger partial charge in [0.05, 0.1) is 18.1 Å². The Bertz CT molecular complexity index is 655. The Kier molecular flexibility index (Phi) is 6.49. The highest BCUT2D eigenvalue weighted by Gasteiger charge is 2.30. The van der Waals surface area contributed by atoms with Crippen LogP contribution in [0.15, 0.2) is 29.4 Å². The van der Waals surface area contributed by atoms with E-state index in [9.17, 15) is 14.4 Å². The van der Waals surface area contributed by atoms with E-state index in [-0.39, 0.29) is 36.7 Å². The van der Waals surface area contributed by atoms with Crippen molar-refractivity contribution in [3.63, 3.8) is 0 Å². The van der Waals surface area contributed by atoms with Crippen LogP contribution in [0.25, 0.3) is 0 Å². The van der Waals surface area contributed by atoms with Gasteiger partial charge in [0.2, 0.25) is 5.91 Å². The van der Waals surface area contributed by atoms with Crippen LogP contribution in [0.4, 0.5) is 5.69 Å². The first kappa shape index (κ1) is 18.1. The summed E-state index contributed by atoms with van der Waals surface area (Å²) >= 11 is 5.76. The average molecular weight is 351 g/mol. The first-order valence-electron chi connectivity index (χ1n) is 7.80. The second-order valence-electron chi connectivity index (χ2n) is 5.77. The molecule has 1 aromatic rings. The first-order chi connectivity index (χ1) is 11.5. The van der Waals surface area contributed by atoms with Gasteiger partial charge in [-0.1, -0.05) is 16.8 Å². The minimum atomic E-state index is -0.457. The fourth-order valence-electron chi connectivity index (χ4n) is 2.71. The minimum absolute atomic E-state index is 0.00346. The number of hydrogen-bond donors (Lipinski definition) is 2. The molecule has 0 aromatic heterocycles. The lowest BCUT2D eigenvalue weighted by Crippen LogP contribution is -2.22. The number of nitrogens with one attached hydrogen (secondary N) is 1. The molecule has 128 valence electrons. The monoisotopic (exact) mass is 350 g/mol. The van der Waals surface area contributed by atoms with Gasteiger partial charge >= 0.3 is 0 Å². The molecule has 1 unspecified atom stereocenters. The van der Waals surface area contributed by atoms with Gasteiger partial charge in [-0.25, -0.2) is 0 Å². The zero-order chi connectivity index (χ0) is 17.5. The van der Waals surface area contributed by atoms with Crippen LogP contribution < -0.4 is 5.32 Å². The molecule has 1 aromatic carbocycles. The van der Waals surface area contributed by atoms with Crippen LogP contribution in [0.2, 0.25) is 5.02 Å². The largest absolute Gasteiger partial charge is 0.411 e. The van der Waals surface area contributed by atoms with E-state index in [0.29, 0.717) is 29.3 Å². The Hall–Kier alpha value is -2.21. The number of ketones is 2. The Morgan fingerprint density at radius 2 is 1.92 bits per heavy atom. The lowest BCUT2D eigenvalue weighted by molar-refractivity contribution is -0.129. The van der Waals surface area contributed by atoms with Crippen molar-refractivity contribution in [3.8, 4) is 0 Å². The smallest absolute Gasteiger partial charge is 0.224 e. The highest BCUT2D eigenvalue weighted by atomic mass is 35.5. The number of benzene rings is 1. The lowest BCUT2D eigenvalue weighted by Gasteiger charge is -2.08. The number of carbonyl (C=O) groups is 3. The van der Waals surface area contributed by atoms with Crippen LogP contribution >= 0.6 is 11.6 Å². The number of rotatable bonds is 7. The second-order valence-corrected chi connectivity index (χ2v) is 6.21. The molecule has 1 fully saturated rings. The Balaban J connectivity index is 1.75. The van der Waals surface area contributed by atoms with Crippen molar-refractivity contribution in [2.24, 2.45) is 11.1 Å². The molecule has 1 amide bonds. The van der Waals surface area contributed by atoms with Gasteiger partial charge in [0.15, 0.2) is 0 Å². The molecule has 1 atom stereocenters. The van der Waals surface area contributed by atoms with Gasteiger partial charge in [0.25, 0.3) is 0 Å². The van der Waals surface area contributed by atoms with E-state index in [4.69, 9.17) is 16.8 Å². The van der Waals surface area contributed by atoms with E-state index in [2.05, 4.69) is 10.5 Å². The Morgan fingerprint density at radius 3 is 2.58 bits per heavy atom. The van der Waals surface area contributed by atoms with Crippen LogP contribution in [0.5, 0.6) is 0 Å². The Morgan fingerprint density at radius 1 is 1.21 bits per heavy atom. The van der Waals surface area contributed by atoms with Crippen LogP contribution in [0.1, 0.15) is 38.5 Å². The van der Waals surface area contributed by atoms with E-state index >= 15 is 0 Å². The van der Waals surface area contributed by atoms with Gasteiger partial charge in [-0.2, -0.15) is 0 Å². The topological polar surface area (TPSA) is 95.8 Å². The molecule has 2 rings (SSSR count). The van der Waals surface area contributed by atoms with Crippen molar-refractivity contribution < 1.29 is 19.6 Å². The molecule has 0 radical (unpaired) electrons. The average Bonchev–Trinajstić information content (AvgIpc) is 3.04. The molecule has 1 saturated carbocycles. The number of oxime groups is 1. The maximum atomic E-state index is 12.1. The maximum absolute atomic E-state index is 12.1. The zero-order valence-corrected chi connectivity index (χ0v) is 13.9. The zero-order valence-electron chi connectivity index (χ0n) is 13.1. The van der Waals surface area contributed by atoms with Gasteiger partial charge in [0.1, 0.15) is 11.6 Å². The fourth-order valence-corrected chi connectivity index (χ4v) is 2.84. The lowest BCUT2D eigenvalue weighted by atomic mass is 9.96. The molecular formula is C17H19ClN2O4. The summed E-state index contributed by atoms with van der Waals surface area (Å²) in [5, 5.41) is 15.2. The summed E-state index contributed by atoms with van der Waals surface area (Å²) in [5.74, 6) is -1.27. The third kappa shape index (κ3) is 5.16. The fraction of sp³-hybridized carbons (Fsp3) is 0.412. The molecule has 0 spiro atoms. The summed E-state index contributed by atoms with van der Waals surface area (Å²) in [5.41, 5.74) is 1.05. The molecule has 24 heavy (non-hydrogen) atoms. The number of amides is 1. The van der Waals surface area contributed by atoms with Crippen molar-refractivity contribution in [1.29, 1.82) is 0 Å². The van der Waals surface area contributed by atoms with Gasteiger partial charge in [-0.3, -0.25) is 14.4 Å². The van der Waals surface area contributed by atoms with Crippen molar-refractivity contribution in [2.75, 3.05) is 5.32 Å². The van der Waals surface area contributed by atoms with E-state index in [0.717, 1.165) is 6.42 Å². The maximum Gasteiger partial charge on any atom is 0.224 e. The summed E-state index contributed by atoms with van der Waals surface area (Å²) in [7, 11) is 0. The highest BCUT2D eigenvalue weighted by molar-refractivity contribution is 6.30. The SMILES string of the molecule is O=C(CCC(=O)Nc1ccc(Cl)cc1)CC(=O)C1CCC/C1=N/O. The van der Waals surface area contributed by atoms with Crippen molar-refractivity contribution in [3.05, 3.63) is 29.3 Å². The summed E-state index contributed by atoms with van der Waals surface area (Å²) in [6.45, 7) is 0. The second kappa shape index (κ2) is 8.59. The van der Waals surface area contributed by atoms with Crippen LogP contribution in [0, 0.1) is 5.92 Å².